The van der Waals surface area contributed by atoms with Gasteiger partial charge in [-0.15, -0.1) is 0 Å². The zero-order chi connectivity index (χ0) is 12.3. The number of hydrogen-bond donors (Lipinski definition) is 1. The van der Waals surface area contributed by atoms with Gasteiger partial charge in [-0.05, 0) is 37.3 Å². The Balaban J connectivity index is 1.99. The van der Waals surface area contributed by atoms with E-state index < -0.39 is 0 Å². The molecule has 2 nitrogen and oxygen atoms in total. The van der Waals surface area contributed by atoms with Gasteiger partial charge in [0.05, 0.1) is 10.2 Å². The van der Waals surface area contributed by atoms with Gasteiger partial charge in [-0.1, -0.05) is 24.3 Å². The van der Waals surface area contributed by atoms with Gasteiger partial charge in [0.1, 0.15) is 0 Å². The van der Waals surface area contributed by atoms with Crippen LogP contribution in [0.1, 0.15) is 18.9 Å². The lowest BCUT2D eigenvalue weighted by molar-refractivity contribution is 0.853. The fraction of sp³-hybridized carbons (Fsp3) is 0.462. The van der Waals surface area contributed by atoms with E-state index in [-0.39, 0.29) is 0 Å². The normalized spacial score (nSPS) is 12.9. The van der Waals surface area contributed by atoms with Gasteiger partial charge in [-0.3, -0.25) is 0 Å². The quantitative estimate of drug-likeness (QED) is 0.879. The van der Waals surface area contributed by atoms with Crippen LogP contribution in [0.3, 0.4) is 0 Å². The summed E-state index contributed by atoms with van der Waals surface area (Å²) >= 11 is 3.65. The Labute approximate surface area is 111 Å². The standard InChI is InChI=1S/C13H18N2S2/c1-9-4-5-12-11(8-9)15-13(17-12)14-7-6-10(2)16-3/h4-5,8,10H,6-7H2,1-3H3,(H,14,15). The summed E-state index contributed by atoms with van der Waals surface area (Å²) < 4.78 is 1.26. The molecule has 92 valence electrons. The summed E-state index contributed by atoms with van der Waals surface area (Å²) in [6, 6.07) is 6.43. The predicted octanol–water partition coefficient (Wildman–Crippen LogP) is 4.16. The second kappa shape index (κ2) is 5.74. The van der Waals surface area contributed by atoms with E-state index in [0.29, 0.717) is 5.25 Å². The van der Waals surface area contributed by atoms with Crippen LogP contribution in [0.15, 0.2) is 18.2 Å². The van der Waals surface area contributed by atoms with Crippen LogP contribution in [0, 0.1) is 6.92 Å². The van der Waals surface area contributed by atoms with Gasteiger partial charge < -0.3 is 5.32 Å². The van der Waals surface area contributed by atoms with Crippen molar-refractivity contribution in [2.45, 2.75) is 25.5 Å². The molecule has 4 heteroatoms. The van der Waals surface area contributed by atoms with Crippen LogP contribution in [-0.4, -0.2) is 23.0 Å². The third-order valence-electron chi connectivity index (χ3n) is 2.77. The van der Waals surface area contributed by atoms with E-state index in [1.807, 2.05) is 11.8 Å². The van der Waals surface area contributed by atoms with Gasteiger partial charge >= 0.3 is 0 Å². The maximum atomic E-state index is 4.60. The van der Waals surface area contributed by atoms with Gasteiger partial charge in [0.25, 0.3) is 0 Å². The Morgan fingerprint density at radius 3 is 3.06 bits per heavy atom. The molecule has 1 unspecified atom stereocenters. The lowest BCUT2D eigenvalue weighted by Crippen LogP contribution is -2.07. The fourth-order valence-electron chi connectivity index (χ4n) is 1.61. The molecule has 2 aromatic rings. The number of fused-ring (bicyclic) bond motifs is 1. The highest BCUT2D eigenvalue weighted by atomic mass is 32.2. The number of nitrogens with one attached hydrogen (secondary N) is 1. The van der Waals surface area contributed by atoms with Gasteiger partial charge in [0.15, 0.2) is 5.13 Å². The first-order valence-corrected chi connectivity index (χ1v) is 7.93. The average Bonchev–Trinajstić information content (AvgIpc) is 2.70. The first kappa shape index (κ1) is 12.7. The molecule has 0 amide bonds. The molecule has 0 fully saturated rings. The molecule has 0 bridgehead atoms. The molecule has 1 heterocycles. The first-order chi connectivity index (χ1) is 8.19. The van der Waals surface area contributed by atoms with Gasteiger partial charge in [-0.2, -0.15) is 11.8 Å². The summed E-state index contributed by atoms with van der Waals surface area (Å²) in [5, 5.41) is 5.16. The number of rotatable bonds is 5. The third kappa shape index (κ3) is 3.36. The molecule has 0 aliphatic heterocycles. The minimum Gasteiger partial charge on any atom is -0.361 e. The molecular formula is C13H18N2S2. The molecule has 0 saturated carbocycles. The number of hydrogen-bond acceptors (Lipinski definition) is 4. The van der Waals surface area contributed by atoms with E-state index in [9.17, 15) is 0 Å². The van der Waals surface area contributed by atoms with Crippen LogP contribution in [0.4, 0.5) is 5.13 Å². The largest absolute Gasteiger partial charge is 0.361 e. The summed E-state index contributed by atoms with van der Waals surface area (Å²) in [6.07, 6.45) is 3.33. The van der Waals surface area contributed by atoms with Crippen molar-refractivity contribution in [3.05, 3.63) is 23.8 Å². The lowest BCUT2D eigenvalue weighted by Gasteiger charge is -2.07. The third-order valence-corrected chi connectivity index (χ3v) is 4.81. The molecule has 0 radical (unpaired) electrons. The van der Waals surface area contributed by atoms with Crippen molar-refractivity contribution >= 4 is 38.4 Å². The van der Waals surface area contributed by atoms with E-state index in [1.165, 1.54) is 16.7 Å². The molecule has 0 spiro atoms. The van der Waals surface area contributed by atoms with Crippen LogP contribution < -0.4 is 5.32 Å². The van der Waals surface area contributed by atoms with Gasteiger partial charge in [-0.25, -0.2) is 4.98 Å². The van der Waals surface area contributed by atoms with Crippen molar-refractivity contribution in [2.24, 2.45) is 0 Å². The van der Waals surface area contributed by atoms with E-state index in [4.69, 9.17) is 0 Å². The van der Waals surface area contributed by atoms with Crippen LogP contribution in [0.25, 0.3) is 10.2 Å². The van der Waals surface area contributed by atoms with Crippen molar-refractivity contribution in [1.29, 1.82) is 0 Å². The maximum absolute atomic E-state index is 4.60. The van der Waals surface area contributed by atoms with Gasteiger partial charge in [0, 0.05) is 11.8 Å². The Bertz CT molecular complexity index is 493. The number of aromatic nitrogens is 1. The zero-order valence-corrected chi connectivity index (χ0v) is 12.1. The van der Waals surface area contributed by atoms with Gasteiger partial charge in [0.2, 0.25) is 0 Å². The minimum absolute atomic E-state index is 0.708. The van der Waals surface area contributed by atoms with E-state index in [0.717, 1.165) is 17.2 Å². The highest BCUT2D eigenvalue weighted by molar-refractivity contribution is 7.99. The van der Waals surface area contributed by atoms with E-state index in [1.54, 1.807) is 11.3 Å². The maximum Gasteiger partial charge on any atom is 0.183 e. The van der Waals surface area contributed by atoms with Crippen LogP contribution in [-0.2, 0) is 0 Å². The molecule has 0 aliphatic rings. The molecule has 1 aromatic heterocycles. The number of thioether (sulfide) groups is 1. The summed E-state index contributed by atoms with van der Waals surface area (Å²) in [6.45, 7) is 5.36. The predicted molar refractivity (Wildman–Crippen MR) is 80.4 cm³/mol. The summed E-state index contributed by atoms with van der Waals surface area (Å²) in [5.41, 5.74) is 2.38. The highest BCUT2D eigenvalue weighted by Gasteiger charge is 2.04. The number of thiazole rings is 1. The second-order valence-electron chi connectivity index (χ2n) is 4.25. The number of aryl methyl sites for hydroxylation is 1. The monoisotopic (exact) mass is 266 g/mol. The molecule has 1 atom stereocenters. The summed E-state index contributed by atoms with van der Waals surface area (Å²) in [7, 11) is 0. The van der Waals surface area contributed by atoms with E-state index >= 15 is 0 Å². The lowest BCUT2D eigenvalue weighted by atomic mass is 10.2. The minimum atomic E-state index is 0.708. The van der Waals surface area contributed by atoms with Crippen molar-refractivity contribution < 1.29 is 0 Å². The summed E-state index contributed by atoms with van der Waals surface area (Å²) in [5.74, 6) is 0. The van der Waals surface area contributed by atoms with Crippen LogP contribution in [0.5, 0.6) is 0 Å². The Kier molecular flexibility index (Phi) is 4.29. The Hall–Kier alpha value is -0.740. The van der Waals surface area contributed by atoms with Crippen LogP contribution >= 0.6 is 23.1 Å². The molecule has 1 aromatic carbocycles. The van der Waals surface area contributed by atoms with Crippen molar-refractivity contribution in [1.82, 2.24) is 4.98 Å². The average molecular weight is 266 g/mol. The zero-order valence-electron chi connectivity index (χ0n) is 10.5. The molecule has 0 aliphatic carbocycles. The number of anilines is 1. The van der Waals surface area contributed by atoms with Crippen LogP contribution in [0.2, 0.25) is 0 Å². The molecule has 17 heavy (non-hydrogen) atoms. The molecule has 1 N–H and O–H groups in total. The first-order valence-electron chi connectivity index (χ1n) is 5.83. The number of nitrogens with zero attached hydrogens (tertiary/aromatic N) is 1. The Morgan fingerprint density at radius 2 is 2.29 bits per heavy atom. The van der Waals surface area contributed by atoms with Crippen molar-refractivity contribution in [2.75, 3.05) is 18.1 Å². The number of benzene rings is 1. The fourth-order valence-corrected chi connectivity index (χ4v) is 2.84. The topological polar surface area (TPSA) is 24.9 Å². The van der Waals surface area contributed by atoms with Crippen molar-refractivity contribution in [3.63, 3.8) is 0 Å². The SMILES string of the molecule is CSC(C)CCNc1nc2cc(C)ccc2s1. The smallest absolute Gasteiger partial charge is 0.183 e. The van der Waals surface area contributed by atoms with Crippen molar-refractivity contribution in [3.8, 4) is 0 Å². The molecule has 0 saturated heterocycles. The summed E-state index contributed by atoms with van der Waals surface area (Å²) in [4.78, 5) is 4.60. The Morgan fingerprint density at radius 1 is 1.47 bits per heavy atom. The second-order valence-corrected chi connectivity index (χ2v) is 6.56. The molecule has 2 rings (SSSR count). The van der Waals surface area contributed by atoms with E-state index in [2.05, 4.69) is 48.6 Å². The highest BCUT2D eigenvalue weighted by Crippen LogP contribution is 2.26. The molecular weight excluding hydrogens is 248 g/mol.